The van der Waals surface area contributed by atoms with Crippen LogP contribution in [0.15, 0.2) is 83.8 Å². The molecule has 1 N–H and O–H groups in total. The maximum atomic E-state index is 14.0. The average Bonchev–Trinajstić information content (AvgIpc) is 2.92. The summed E-state index contributed by atoms with van der Waals surface area (Å²) in [4.78, 5) is 28.5. The van der Waals surface area contributed by atoms with E-state index in [-0.39, 0.29) is 17.3 Å². The lowest BCUT2D eigenvalue weighted by molar-refractivity contribution is -0.140. The maximum absolute atomic E-state index is 14.0. The number of methoxy groups -OCH3 is 1. The molecule has 202 valence electrons. The van der Waals surface area contributed by atoms with E-state index < -0.39 is 28.5 Å². The van der Waals surface area contributed by atoms with Crippen molar-refractivity contribution >= 4 is 27.5 Å². The predicted molar refractivity (Wildman–Crippen MR) is 148 cm³/mol. The monoisotopic (exact) mass is 537 g/mol. The lowest BCUT2D eigenvalue weighted by Gasteiger charge is -2.33. The number of nitrogens with one attached hydrogen (secondary N) is 1. The van der Waals surface area contributed by atoms with E-state index in [0.717, 1.165) is 15.4 Å². The molecule has 0 saturated carbocycles. The normalized spacial score (nSPS) is 11.9. The highest BCUT2D eigenvalue weighted by Gasteiger charge is 2.33. The van der Waals surface area contributed by atoms with Crippen LogP contribution in [0, 0.1) is 6.92 Å². The number of amides is 2. The second kappa shape index (κ2) is 13.1. The van der Waals surface area contributed by atoms with Crippen LogP contribution in [0.1, 0.15) is 31.4 Å². The fraction of sp³-hybridized carbons (Fsp3) is 0.310. The summed E-state index contributed by atoms with van der Waals surface area (Å²) >= 11 is 0. The van der Waals surface area contributed by atoms with Crippen molar-refractivity contribution in [1.29, 1.82) is 0 Å². The zero-order valence-electron chi connectivity index (χ0n) is 22.3. The number of hydrogen-bond donors (Lipinski definition) is 1. The number of hydrogen-bond acceptors (Lipinski definition) is 5. The SMILES string of the molecule is CCNC(=O)C(CC)N(Cc1cccc(OC)c1)C(=O)CN(c1cccc(C)c1)S(=O)(=O)c1ccccc1. The molecule has 0 radical (unpaired) electrons. The number of ether oxygens (including phenoxy) is 1. The van der Waals surface area contributed by atoms with E-state index in [9.17, 15) is 18.0 Å². The molecular formula is C29H35N3O5S. The van der Waals surface area contributed by atoms with Crippen molar-refractivity contribution in [2.75, 3.05) is 24.5 Å². The number of rotatable bonds is 12. The number of carbonyl (C=O) groups excluding carboxylic acids is 2. The molecule has 9 heteroatoms. The van der Waals surface area contributed by atoms with Gasteiger partial charge in [-0.25, -0.2) is 8.42 Å². The molecule has 3 aromatic rings. The summed E-state index contributed by atoms with van der Waals surface area (Å²) in [5, 5.41) is 2.80. The van der Waals surface area contributed by atoms with Crippen molar-refractivity contribution < 1.29 is 22.7 Å². The van der Waals surface area contributed by atoms with E-state index in [0.29, 0.717) is 24.4 Å². The number of carbonyl (C=O) groups is 2. The van der Waals surface area contributed by atoms with E-state index in [1.807, 2.05) is 39.0 Å². The zero-order chi connectivity index (χ0) is 27.7. The molecule has 0 heterocycles. The van der Waals surface area contributed by atoms with Crippen LogP contribution in [0.4, 0.5) is 5.69 Å². The van der Waals surface area contributed by atoms with Gasteiger partial charge in [0.2, 0.25) is 11.8 Å². The quantitative estimate of drug-likeness (QED) is 0.375. The molecule has 38 heavy (non-hydrogen) atoms. The molecule has 3 rings (SSSR count). The van der Waals surface area contributed by atoms with Crippen molar-refractivity contribution in [1.82, 2.24) is 10.2 Å². The number of sulfonamides is 1. The van der Waals surface area contributed by atoms with Crippen LogP contribution in [-0.4, -0.2) is 51.4 Å². The van der Waals surface area contributed by atoms with Gasteiger partial charge >= 0.3 is 0 Å². The Kier molecular flexibility index (Phi) is 9.90. The number of benzene rings is 3. The van der Waals surface area contributed by atoms with Crippen LogP contribution in [0.5, 0.6) is 5.75 Å². The zero-order valence-corrected chi connectivity index (χ0v) is 23.1. The standard InChI is InChI=1S/C29H35N3O5S/c1-5-27(29(34)30-6-2)31(20-23-13-11-15-25(19-23)37-4)28(33)21-32(24-14-10-12-22(3)18-24)38(35,36)26-16-8-7-9-17-26/h7-19,27H,5-6,20-21H2,1-4H3,(H,30,34). The molecular weight excluding hydrogens is 502 g/mol. The summed E-state index contributed by atoms with van der Waals surface area (Å²) < 4.78 is 34.0. The number of aryl methyl sites for hydroxylation is 1. The van der Waals surface area contributed by atoms with Gasteiger partial charge in [0.1, 0.15) is 18.3 Å². The highest BCUT2D eigenvalue weighted by molar-refractivity contribution is 7.92. The molecule has 1 atom stereocenters. The van der Waals surface area contributed by atoms with E-state index in [2.05, 4.69) is 5.32 Å². The van der Waals surface area contributed by atoms with Crippen molar-refractivity contribution in [3.8, 4) is 5.75 Å². The van der Waals surface area contributed by atoms with Crippen LogP contribution in [-0.2, 0) is 26.2 Å². The first-order chi connectivity index (χ1) is 18.2. The van der Waals surface area contributed by atoms with Gasteiger partial charge in [0.05, 0.1) is 17.7 Å². The number of likely N-dealkylation sites (N-methyl/N-ethyl adjacent to an activating group) is 1. The molecule has 2 amide bonds. The van der Waals surface area contributed by atoms with Crippen molar-refractivity contribution in [2.24, 2.45) is 0 Å². The summed E-state index contributed by atoms with van der Waals surface area (Å²) in [6, 6.07) is 21.5. The molecule has 0 fully saturated rings. The van der Waals surface area contributed by atoms with E-state index >= 15 is 0 Å². The molecule has 1 unspecified atom stereocenters. The van der Waals surface area contributed by atoms with Gasteiger partial charge in [-0.15, -0.1) is 0 Å². The minimum Gasteiger partial charge on any atom is -0.497 e. The molecule has 0 aliphatic heterocycles. The van der Waals surface area contributed by atoms with Crippen molar-refractivity contribution in [2.45, 2.75) is 44.7 Å². The van der Waals surface area contributed by atoms with E-state index in [1.54, 1.807) is 55.6 Å². The second-order valence-corrected chi connectivity index (χ2v) is 10.7. The smallest absolute Gasteiger partial charge is 0.264 e. The summed E-state index contributed by atoms with van der Waals surface area (Å²) in [5.41, 5.74) is 1.98. The van der Waals surface area contributed by atoms with Gasteiger partial charge in [-0.2, -0.15) is 0 Å². The van der Waals surface area contributed by atoms with Gasteiger partial charge in [-0.1, -0.05) is 49.4 Å². The molecule has 0 aromatic heterocycles. The van der Waals surface area contributed by atoms with Crippen LogP contribution >= 0.6 is 0 Å². The Morgan fingerprint density at radius 3 is 2.29 bits per heavy atom. The van der Waals surface area contributed by atoms with E-state index in [1.165, 1.54) is 17.0 Å². The third-order valence-electron chi connectivity index (χ3n) is 6.12. The first-order valence-electron chi connectivity index (χ1n) is 12.6. The molecule has 0 aliphatic rings. The van der Waals surface area contributed by atoms with Crippen molar-refractivity contribution in [3.05, 3.63) is 90.0 Å². The Balaban J connectivity index is 2.06. The first-order valence-corrected chi connectivity index (χ1v) is 14.0. The minimum atomic E-state index is -4.08. The number of anilines is 1. The van der Waals surface area contributed by atoms with Crippen LogP contribution in [0.2, 0.25) is 0 Å². The molecule has 3 aromatic carbocycles. The topological polar surface area (TPSA) is 96.0 Å². The lowest BCUT2D eigenvalue weighted by atomic mass is 10.1. The van der Waals surface area contributed by atoms with Gasteiger partial charge in [0.15, 0.2) is 0 Å². The van der Waals surface area contributed by atoms with Gasteiger partial charge in [-0.05, 0) is 67.8 Å². The van der Waals surface area contributed by atoms with Crippen LogP contribution in [0.25, 0.3) is 0 Å². The summed E-state index contributed by atoms with van der Waals surface area (Å²) in [6.45, 7) is 5.54. The molecule has 0 bridgehead atoms. The summed E-state index contributed by atoms with van der Waals surface area (Å²) in [5.74, 6) is -0.166. The average molecular weight is 538 g/mol. The van der Waals surface area contributed by atoms with Crippen molar-refractivity contribution in [3.63, 3.8) is 0 Å². The largest absolute Gasteiger partial charge is 0.497 e. The van der Waals surface area contributed by atoms with Crippen LogP contribution in [0.3, 0.4) is 0 Å². The first kappa shape index (κ1) is 28.7. The van der Waals surface area contributed by atoms with E-state index in [4.69, 9.17) is 4.74 Å². The maximum Gasteiger partial charge on any atom is 0.264 e. The summed E-state index contributed by atoms with van der Waals surface area (Å²) in [6.07, 6.45) is 0.359. The lowest BCUT2D eigenvalue weighted by Crippen LogP contribution is -2.52. The number of nitrogens with zero attached hydrogens (tertiary/aromatic N) is 2. The fourth-order valence-corrected chi connectivity index (χ4v) is 5.64. The van der Waals surface area contributed by atoms with Crippen LogP contribution < -0.4 is 14.4 Å². The second-order valence-electron chi connectivity index (χ2n) is 8.86. The van der Waals surface area contributed by atoms with Gasteiger partial charge in [0.25, 0.3) is 10.0 Å². The summed E-state index contributed by atoms with van der Waals surface area (Å²) in [7, 11) is -2.53. The Bertz CT molecular complexity index is 1350. The Hall–Kier alpha value is -3.85. The molecule has 0 spiro atoms. The van der Waals surface area contributed by atoms with Gasteiger partial charge in [0, 0.05) is 13.1 Å². The molecule has 8 nitrogen and oxygen atoms in total. The predicted octanol–water partition coefficient (Wildman–Crippen LogP) is 4.14. The Labute approximate surface area is 225 Å². The van der Waals surface area contributed by atoms with Gasteiger partial charge < -0.3 is 15.0 Å². The molecule has 0 saturated heterocycles. The van der Waals surface area contributed by atoms with Gasteiger partial charge in [-0.3, -0.25) is 13.9 Å². The minimum absolute atomic E-state index is 0.0735. The Morgan fingerprint density at radius 2 is 1.66 bits per heavy atom. The highest BCUT2D eigenvalue weighted by Crippen LogP contribution is 2.26. The highest BCUT2D eigenvalue weighted by atomic mass is 32.2. The third kappa shape index (κ3) is 6.92. The fourth-order valence-electron chi connectivity index (χ4n) is 4.21. The Morgan fingerprint density at radius 1 is 0.947 bits per heavy atom. The third-order valence-corrected chi connectivity index (χ3v) is 7.91. The molecule has 0 aliphatic carbocycles.